The standard InChI is InChI=1S/C24H22N2O5/c1-4-30-18-10-7-17(8-11-18)26-23(28)20-12-6-16(13-21(20)24(26)29)22(27)25(3)14-19-9-5-15(2)31-19/h5-13H,4,14H2,1-3H3. The van der Waals surface area contributed by atoms with Gasteiger partial charge in [0.25, 0.3) is 17.7 Å². The van der Waals surface area contributed by atoms with E-state index < -0.39 is 11.8 Å². The Morgan fingerprint density at radius 2 is 1.71 bits per heavy atom. The van der Waals surface area contributed by atoms with Crippen molar-refractivity contribution >= 4 is 23.4 Å². The summed E-state index contributed by atoms with van der Waals surface area (Å²) in [6, 6.07) is 15.0. The molecule has 3 aromatic rings. The predicted molar refractivity (Wildman–Crippen MR) is 114 cm³/mol. The van der Waals surface area contributed by atoms with Gasteiger partial charge >= 0.3 is 0 Å². The summed E-state index contributed by atoms with van der Waals surface area (Å²) in [5, 5.41) is 0. The maximum Gasteiger partial charge on any atom is 0.266 e. The zero-order valence-electron chi connectivity index (χ0n) is 17.5. The van der Waals surface area contributed by atoms with Gasteiger partial charge < -0.3 is 14.1 Å². The minimum Gasteiger partial charge on any atom is -0.494 e. The van der Waals surface area contributed by atoms with Gasteiger partial charge in [-0.3, -0.25) is 14.4 Å². The van der Waals surface area contributed by atoms with Crippen LogP contribution < -0.4 is 9.64 Å². The fourth-order valence-electron chi connectivity index (χ4n) is 3.56. The van der Waals surface area contributed by atoms with Crippen LogP contribution in [0.4, 0.5) is 5.69 Å². The Kier molecular flexibility index (Phi) is 5.33. The van der Waals surface area contributed by atoms with Crippen molar-refractivity contribution < 1.29 is 23.5 Å². The van der Waals surface area contributed by atoms with Crippen molar-refractivity contribution in [2.45, 2.75) is 20.4 Å². The fourth-order valence-corrected chi connectivity index (χ4v) is 3.56. The van der Waals surface area contributed by atoms with Gasteiger partial charge in [0.1, 0.15) is 17.3 Å². The molecular weight excluding hydrogens is 396 g/mol. The second kappa shape index (κ2) is 8.10. The maximum absolute atomic E-state index is 13.0. The molecule has 0 fully saturated rings. The average molecular weight is 418 g/mol. The van der Waals surface area contributed by atoms with Crippen molar-refractivity contribution in [3.63, 3.8) is 0 Å². The summed E-state index contributed by atoms with van der Waals surface area (Å²) in [7, 11) is 1.66. The van der Waals surface area contributed by atoms with E-state index in [0.717, 1.165) is 10.7 Å². The molecule has 158 valence electrons. The molecule has 3 amide bonds. The summed E-state index contributed by atoms with van der Waals surface area (Å²) in [4.78, 5) is 41.3. The number of hydrogen-bond acceptors (Lipinski definition) is 5. The van der Waals surface area contributed by atoms with E-state index >= 15 is 0 Å². The van der Waals surface area contributed by atoms with Crippen molar-refractivity contribution in [1.82, 2.24) is 4.90 Å². The van der Waals surface area contributed by atoms with Crippen LogP contribution in [0.15, 0.2) is 59.0 Å². The highest BCUT2D eigenvalue weighted by Gasteiger charge is 2.37. The molecule has 0 radical (unpaired) electrons. The topological polar surface area (TPSA) is 80.1 Å². The van der Waals surface area contributed by atoms with Crippen molar-refractivity contribution in [2.24, 2.45) is 0 Å². The number of nitrogens with zero attached hydrogens (tertiary/aromatic N) is 2. The van der Waals surface area contributed by atoms with E-state index in [-0.39, 0.29) is 17.0 Å². The Balaban J connectivity index is 1.56. The van der Waals surface area contributed by atoms with Gasteiger partial charge in [-0.05, 0) is 68.4 Å². The first-order chi connectivity index (χ1) is 14.9. The van der Waals surface area contributed by atoms with Gasteiger partial charge in [-0.15, -0.1) is 0 Å². The molecule has 31 heavy (non-hydrogen) atoms. The molecule has 7 heteroatoms. The zero-order valence-corrected chi connectivity index (χ0v) is 17.5. The number of ether oxygens (including phenoxy) is 1. The van der Waals surface area contributed by atoms with Gasteiger partial charge in [0, 0.05) is 12.6 Å². The zero-order chi connectivity index (χ0) is 22.1. The van der Waals surface area contributed by atoms with Crippen LogP contribution in [0.3, 0.4) is 0 Å². The quantitative estimate of drug-likeness (QED) is 0.564. The van der Waals surface area contributed by atoms with E-state index in [1.807, 2.05) is 26.0 Å². The third-order valence-corrected chi connectivity index (χ3v) is 5.08. The summed E-state index contributed by atoms with van der Waals surface area (Å²) >= 11 is 0. The maximum atomic E-state index is 13.0. The van der Waals surface area contributed by atoms with Crippen molar-refractivity contribution in [2.75, 3.05) is 18.6 Å². The molecule has 0 atom stereocenters. The number of carbonyl (C=O) groups excluding carboxylic acids is 3. The molecule has 0 saturated carbocycles. The van der Waals surface area contributed by atoms with Crippen LogP contribution in [0.25, 0.3) is 0 Å². The molecule has 2 heterocycles. The third kappa shape index (κ3) is 3.82. The number of imide groups is 1. The second-order valence-electron chi connectivity index (χ2n) is 7.31. The first-order valence-corrected chi connectivity index (χ1v) is 9.95. The Morgan fingerprint density at radius 1 is 1.00 bits per heavy atom. The lowest BCUT2D eigenvalue weighted by Crippen LogP contribution is -2.29. The average Bonchev–Trinajstić information content (AvgIpc) is 3.28. The molecule has 0 bridgehead atoms. The van der Waals surface area contributed by atoms with Crippen LogP contribution in [0.2, 0.25) is 0 Å². The molecule has 0 spiro atoms. The van der Waals surface area contributed by atoms with E-state index in [1.165, 1.54) is 17.0 Å². The molecule has 0 N–H and O–H groups in total. The Hall–Kier alpha value is -3.87. The second-order valence-corrected chi connectivity index (χ2v) is 7.31. The lowest BCUT2D eigenvalue weighted by molar-refractivity contribution is 0.0774. The SMILES string of the molecule is CCOc1ccc(N2C(=O)c3ccc(C(=O)N(C)Cc4ccc(C)o4)cc3C2=O)cc1. The molecule has 0 aliphatic carbocycles. The third-order valence-electron chi connectivity index (χ3n) is 5.08. The highest BCUT2D eigenvalue weighted by atomic mass is 16.5. The molecular formula is C24H22N2O5. The van der Waals surface area contributed by atoms with Gasteiger partial charge in [0.2, 0.25) is 0 Å². The van der Waals surface area contributed by atoms with E-state index in [1.54, 1.807) is 37.4 Å². The molecule has 1 aromatic heterocycles. The number of rotatable bonds is 6. The molecule has 1 aliphatic heterocycles. The van der Waals surface area contributed by atoms with E-state index in [4.69, 9.17) is 9.15 Å². The predicted octanol–water partition coefficient (Wildman–Crippen LogP) is 4.06. The normalized spacial score (nSPS) is 12.8. The summed E-state index contributed by atoms with van der Waals surface area (Å²) in [6.45, 7) is 4.54. The highest BCUT2D eigenvalue weighted by molar-refractivity contribution is 6.34. The first-order valence-electron chi connectivity index (χ1n) is 9.95. The lowest BCUT2D eigenvalue weighted by Gasteiger charge is -2.16. The molecule has 1 aliphatic rings. The minimum atomic E-state index is -0.455. The van der Waals surface area contributed by atoms with E-state index in [0.29, 0.717) is 35.9 Å². The summed E-state index contributed by atoms with van der Waals surface area (Å²) < 4.78 is 10.9. The molecule has 4 rings (SSSR count). The number of benzene rings is 2. The van der Waals surface area contributed by atoms with Gasteiger partial charge in [0.15, 0.2) is 0 Å². The van der Waals surface area contributed by atoms with E-state index in [9.17, 15) is 14.4 Å². The van der Waals surface area contributed by atoms with Crippen molar-refractivity contribution in [1.29, 1.82) is 0 Å². The fraction of sp³-hybridized carbons (Fsp3) is 0.208. The van der Waals surface area contributed by atoms with Crippen LogP contribution >= 0.6 is 0 Å². The lowest BCUT2D eigenvalue weighted by atomic mass is 10.0. The number of furan rings is 1. The number of amides is 3. The summed E-state index contributed by atoms with van der Waals surface area (Å²) in [5.41, 5.74) is 1.28. The largest absolute Gasteiger partial charge is 0.494 e. The molecule has 0 unspecified atom stereocenters. The summed E-state index contributed by atoms with van der Waals surface area (Å²) in [6.07, 6.45) is 0. The van der Waals surface area contributed by atoms with Crippen LogP contribution in [-0.2, 0) is 6.54 Å². The number of aryl methyl sites for hydroxylation is 1. The van der Waals surface area contributed by atoms with Gasteiger partial charge in [0.05, 0.1) is 30.0 Å². The summed E-state index contributed by atoms with van der Waals surface area (Å²) in [5.74, 6) is 0.960. The van der Waals surface area contributed by atoms with Crippen LogP contribution in [0, 0.1) is 6.92 Å². The van der Waals surface area contributed by atoms with Gasteiger partial charge in [-0.1, -0.05) is 0 Å². The van der Waals surface area contributed by atoms with Gasteiger partial charge in [-0.2, -0.15) is 0 Å². The smallest absolute Gasteiger partial charge is 0.266 e. The number of hydrogen-bond donors (Lipinski definition) is 0. The highest BCUT2D eigenvalue weighted by Crippen LogP contribution is 2.30. The molecule has 2 aromatic carbocycles. The number of fused-ring (bicyclic) bond motifs is 1. The number of anilines is 1. The Labute approximate surface area is 179 Å². The van der Waals surface area contributed by atoms with E-state index in [2.05, 4.69) is 0 Å². The van der Waals surface area contributed by atoms with Crippen LogP contribution in [0.1, 0.15) is 49.5 Å². The molecule has 0 saturated heterocycles. The van der Waals surface area contributed by atoms with Crippen LogP contribution in [-0.4, -0.2) is 36.3 Å². The van der Waals surface area contributed by atoms with Gasteiger partial charge in [-0.25, -0.2) is 4.90 Å². The minimum absolute atomic E-state index is 0.215. The molecule has 7 nitrogen and oxygen atoms in total. The Bertz CT molecular complexity index is 1160. The Morgan fingerprint density at radius 3 is 2.35 bits per heavy atom. The van der Waals surface area contributed by atoms with Crippen molar-refractivity contribution in [3.05, 3.63) is 82.8 Å². The van der Waals surface area contributed by atoms with Crippen molar-refractivity contribution in [3.8, 4) is 5.75 Å². The monoisotopic (exact) mass is 418 g/mol. The first kappa shape index (κ1) is 20.4. The van der Waals surface area contributed by atoms with Crippen LogP contribution in [0.5, 0.6) is 5.75 Å². The number of carbonyl (C=O) groups is 3.